The maximum Gasteiger partial charge on any atom is 0.377 e. The second kappa shape index (κ2) is 9.41. The minimum atomic E-state index is -0.622. The van der Waals surface area contributed by atoms with E-state index in [-0.39, 0.29) is 11.6 Å². The molecule has 1 fully saturated rings. The monoisotopic (exact) mass is 438 g/mol. The van der Waals surface area contributed by atoms with Crippen LogP contribution in [0.4, 0.5) is 0 Å². The molecule has 0 saturated carbocycles. The normalized spacial score (nSPS) is 14.4. The number of likely N-dealkylation sites (tertiary alicyclic amines) is 1. The van der Waals surface area contributed by atoms with Crippen molar-refractivity contribution in [3.05, 3.63) is 76.3 Å². The number of benzene rings is 2. The van der Waals surface area contributed by atoms with Crippen molar-refractivity contribution in [2.45, 2.75) is 25.8 Å². The van der Waals surface area contributed by atoms with Gasteiger partial charge < -0.3 is 4.74 Å². The number of rotatable bonds is 6. The zero-order valence-electron chi connectivity index (χ0n) is 17.3. The number of ketones is 1. The van der Waals surface area contributed by atoms with Crippen LogP contribution in [-0.4, -0.2) is 51.6 Å². The number of carbonyl (C=O) groups excluding carboxylic acids is 2. The number of methoxy groups -OCH3 is 1. The Labute approximate surface area is 185 Å². The third-order valence-electron chi connectivity index (χ3n) is 5.32. The highest BCUT2D eigenvalue weighted by Crippen LogP contribution is 2.24. The molecular weight excluding hydrogens is 416 g/mol. The first-order valence-electron chi connectivity index (χ1n) is 10.2. The summed E-state index contributed by atoms with van der Waals surface area (Å²) in [6, 6.07) is 14.0. The summed E-state index contributed by atoms with van der Waals surface area (Å²) < 4.78 is 6.38. The molecule has 0 atom stereocenters. The fourth-order valence-corrected chi connectivity index (χ4v) is 3.93. The zero-order chi connectivity index (χ0) is 21.8. The number of halogens is 1. The number of nitrogens with zero attached hydrogens (tertiary/aromatic N) is 4. The summed E-state index contributed by atoms with van der Waals surface area (Å²) in [5, 5.41) is 4.83. The third kappa shape index (κ3) is 4.68. The van der Waals surface area contributed by atoms with Gasteiger partial charge in [-0.15, -0.1) is 5.10 Å². The molecule has 1 aliphatic heterocycles. The van der Waals surface area contributed by atoms with Crippen LogP contribution < -0.4 is 0 Å². The van der Waals surface area contributed by atoms with Crippen LogP contribution in [0.3, 0.4) is 0 Å². The molecule has 0 aliphatic carbocycles. The van der Waals surface area contributed by atoms with E-state index in [1.807, 2.05) is 18.2 Å². The van der Waals surface area contributed by atoms with Gasteiger partial charge >= 0.3 is 5.97 Å². The predicted molar refractivity (Wildman–Crippen MR) is 117 cm³/mol. The van der Waals surface area contributed by atoms with Crippen LogP contribution in [0.25, 0.3) is 5.69 Å². The number of carbonyl (C=O) groups is 2. The van der Waals surface area contributed by atoms with E-state index in [1.54, 1.807) is 35.0 Å². The molecule has 0 radical (unpaired) electrons. The van der Waals surface area contributed by atoms with Crippen LogP contribution in [0.5, 0.6) is 0 Å². The Kier molecular flexibility index (Phi) is 6.44. The van der Waals surface area contributed by atoms with Gasteiger partial charge in [-0.25, -0.2) is 14.5 Å². The Balaban J connectivity index is 1.80. The quantitative estimate of drug-likeness (QED) is 0.428. The minimum Gasteiger partial charge on any atom is -0.463 e. The Morgan fingerprint density at radius 3 is 2.52 bits per heavy atom. The first-order chi connectivity index (χ1) is 15.1. The molecule has 31 heavy (non-hydrogen) atoms. The number of piperidine rings is 1. The van der Waals surface area contributed by atoms with Crippen LogP contribution in [-0.2, 0) is 11.3 Å². The van der Waals surface area contributed by atoms with Gasteiger partial charge in [0, 0.05) is 16.1 Å². The third-order valence-corrected chi connectivity index (χ3v) is 5.56. The maximum atomic E-state index is 13.3. The fourth-order valence-electron chi connectivity index (χ4n) is 3.75. The molecular formula is C23H23ClN4O3. The van der Waals surface area contributed by atoms with Gasteiger partial charge in [-0.2, -0.15) is 0 Å². The number of hydrogen-bond donors (Lipinski definition) is 0. The number of aromatic nitrogens is 3. The van der Waals surface area contributed by atoms with Gasteiger partial charge in [0.25, 0.3) is 5.82 Å². The lowest BCUT2D eigenvalue weighted by molar-refractivity contribution is 0.0586. The second-order valence-electron chi connectivity index (χ2n) is 7.45. The molecule has 0 N–H and O–H groups in total. The van der Waals surface area contributed by atoms with Crippen molar-refractivity contribution in [1.29, 1.82) is 0 Å². The van der Waals surface area contributed by atoms with E-state index in [4.69, 9.17) is 16.3 Å². The molecule has 2 heterocycles. The average molecular weight is 439 g/mol. The molecule has 1 saturated heterocycles. The first-order valence-corrected chi connectivity index (χ1v) is 10.6. The van der Waals surface area contributed by atoms with Crippen molar-refractivity contribution in [1.82, 2.24) is 19.7 Å². The van der Waals surface area contributed by atoms with E-state index < -0.39 is 5.97 Å². The highest BCUT2D eigenvalue weighted by molar-refractivity contribution is 6.31. The van der Waals surface area contributed by atoms with Crippen LogP contribution >= 0.6 is 11.6 Å². The van der Waals surface area contributed by atoms with Gasteiger partial charge in [-0.05, 0) is 44.1 Å². The van der Waals surface area contributed by atoms with E-state index in [9.17, 15) is 9.59 Å². The molecule has 0 amide bonds. The van der Waals surface area contributed by atoms with Crippen molar-refractivity contribution in [2.24, 2.45) is 0 Å². The summed E-state index contributed by atoms with van der Waals surface area (Å²) >= 11 is 6.23. The predicted octanol–water partition coefficient (Wildman–Crippen LogP) is 3.92. The highest BCUT2D eigenvalue weighted by atomic mass is 35.5. The van der Waals surface area contributed by atoms with Gasteiger partial charge in [-0.3, -0.25) is 9.69 Å². The summed E-state index contributed by atoms with van der Waals surface area (Å²) in [5.41, 5.74) is 1.45. The molecule has 1 aliphatic rings. The van der Waals surface area contributed by atoms with Crippen molar-refractivity contribution in [3.63, 3.8) is 0 Å². The van der Waals surface area contributed by atoms with Crippen LogP contribution in [0.1, 0.15) is 51.6 Å². The van der Waals surface area contributed by atoms with Gasteiger partial charge in [0.15, 0.2) is 5.78 Å². The molecule has 4 rings (SSSR count). The number of esters is 1. The Bertz CT molecular complexity index is 1090. The van der Waals surface area contributed by atoms with Gasteiger partial charge in [0.05, 0.1) is 19.3 Å². The molecule has 7 nitrogen and oxygen atoms in total. The zero-order valence-corrected chi connectivity index (χ0v) is 18.0. The van der Waals surface area contributed by atoms with E-state index in [2.05, 4.69) is 15.0 Å². The molecule has 0 spiro atoms. The number of hydrogen-bond acceptors (Lipinski definition) is 6. The lowest BCUT2D eigenvalue weighted by Gasteiger charge is -2.26. The van der Waals surface area contributed by atoms with Gasteiger partial charge in [0.1, 0.15) is 5.82 Å². The van der Waals surface area contributed by atoms with Crippen molar-refractivity contribution >= 4 is 23.4 Å². The van der Waals surface area contributed by atoms with Crippen LogP contribution in [0.15, 0.2) is 48.5 Å². The highest BCUT2D eigenvalue weighted by Gasteiger charge is 2.24. The van der Waals surface area contributed by atoms with E-state index in [0.29, 0.717) is 34.2 Å². The maximum absolute atomic E-state index is 13.3. The summed E-state index contributed by atoms with van der Waals surface area (Å²) in [7, 11) is 1.29. The van der Waals surface area contributed by atoms with E-state index in [1.165, 1.54) is 13.5 Å². The largest absolute Gasteiger partial charge is 0.463 e. The van der Waals surface area contributed by atoms with Crippen molar-refractivity contribution in [2.75, 3.05) is 20.2 Å². The van der Waals surface area contributed by atoms with Crippen LogP contribution in [0, 0.1) is 0 Å². The topological polar surface area (TPSA) is 77.3 Å². The second-order valence-corrected chi connectivity index (χ2v) is 7.88. The summed E-state index contributed by atoms with van der Waals surface area (Å²) in [6.45, 7) is 2.43. The molecule has 1 aromatic heterocycles. The van der Waals surface area contributed by atoms with E-state index >= 15 is 0 Å². The molecule has 2 aromatic carbocycles. The lowest BCUT2D eigenvalue weighted by Crippen LogP contribution is -2.30. The molecule has 0 bridgehead atoms. The van der Waals surface area contributed by atoms with Gasteiger partial charge in [-0.1, -0.05) is 48.4 Å². The van der Waals surface area contributed by atoms with Crippen LogP contribution in [0.2, 0.25) is 5.02 Å². The average Bonchev–Trinajstić information content (AvgIpc) is 3.22. The standard InChI is InChI=1S/C23H23ClN4O3/c1-31-23(30)22-25-20(15-27-12-6-3-7-13-27)28(26-22)19-11-10-17(24)14-18(19)21(29)16-8-4-2-5-9-16/h2,4-5,8-11,14H,3,6-7,12-13,15H2,1H3. The van der Waals surface area contributed by atoms with Gasteiger partial charge in [0.2, 0.25) is 0 Å². The Hall–Kier alpha value is -3.03. The molecule has 0 unspecified atom stereocenters. The smallest absolute Gasteiger partial charge is 0.377 e. The molecule has 3 aromatic rings. The summed E-state index contributed by atoms with van der Waals surface area (Å²) in [6.07, 6.45) is 3.46. The Morgan fingerprint density at radius 1 is 1.06 bits per heavy atom. The Morgan fingerprint density at radius 2 is 1.81 bits per heavy atom. The minimum absolute atomic E-state index is 0.0393. The first kappa shape index (κ1) is 21.2. The fraction of sp³-hybridized carbons (Fsp3) is 0.304. The molecule has 8 heteroatoms. The molecule has 160 valence electrons. The van der Waals surface area contributed by atoms with Crippen molar-refractivity contribution in [3.8, 4) is 5.69 Å². The lowest BCUT2D eigenvalue weighted by atomic mass is 10.0. The summed E-state index contributed by atoms with van der Waals surface area (Å²) in [5.74, 6) is -0.269. The van der Waals surface area contributed by atoms with Crippen molar-refractivity contribution < 1.29 is 14.3 Å². The summed E-state index contributed by atoms with van der Waals surface area (Å²) in [4.78, 5) is 32.1. The van der Waals surface area contributed by atoms with E-state index in [0.717, 1.165) is 25.9 Å². The SMILES string of the molecule is COC(=O)c1nc(CN2CCCCC2)n(-c2ccc(Cl)cc2C(=O)c2ccccc2)n1. The number of ether oxygens (including phenoxy) is 1.